The first-order chi connectivity index (χ1) is 18.4. The molecule has 3 rings (SSSR count). The summed E-state index contributed by atoms with van der Waals surface area (Å²) < 4.78 is 33.6. The lowest BCUT2D eigenvalue weighted by molar-refractivity contribution is -0.364. The molecule has 226 valence electrons. The van der Waals surface area contributed by atoms with E-state index in [1.54, 1.807) is 0 Å². The summed E-state index contributed by atoms with van der Waals surface area (Å²) in [5.41, 5.74) is 0. The quantitative estimate of drug-likeness (QED) is 0.112. The van der Waals surface area contributed by atoms with Crippen molar-refractivity contribution in [2.45, 2.75) is 106 Å². The molecule has 0 radical (unpaired) electrons. The molecule has 3 aliphatic rings. The van der Waals surface area contributed by atoms with Crippen molar-refractivity contribution in [2.24, 2.45) is 0 Å². The number of aliphatic hydroxyl groups is 8. The first-order valence-corrected chi connectivity index (χ1v) is 12.5. The predicted octanol–water partition coefficient (Wildman–Crippen LogP) is -5.19. The zero-order valence-corrected chi connectivity index (χ0v) is 21.5. The minimum Gasteiger partial charge on any atom is -0.394 e. The maximum absolute atomic E-state index is 12.1. The Hall–Kier alpha value is -1.35. The molecule has 0 saturated carbocycles. The molecule has 39 heavy (non-hydrogen) atoms. The Kier molecular flexibility index (Phi) is 11.6. The third-order valence-electron chi connectivity index (χ3n) is 6.81. The Morgan fingerprint density at radius 1 is 0.795 bits per heavy atom. The van der Waals surface area contributed by atoms with E-state index in [1.807, 2.05) is 0 Å². The number of amides is 1. The topological polar surface area (TPSA) is 246 Å². The lowest BCUT2D eigenvalue weighted by Crippen LogP contribution is -2.69. The average molecular weight is 570 g/mol. The van der Waals surface area contributed by atoms with E-state index in [9.17, 15) is 45.6 Å². The van der Waals surface area contributed by atoms with E-state index in [0.717, 1.165) is 6.92 Å². The zero-order chi connectivity index (χ0) is 29.0. The van der Waals surface area contributed by atoms with E-state index >= 15 is 0 Å². The van der Waals surface area contributed by atoms with Crippen molar-refractivity contribution >= 4 is 5.91 Å². The first-order valence-electron chi connectivity index (χ1n) is 12.5. The lowest BCUT2D eigenvalue weighted by Gasteiger charge is -2.49. The van der Waals surface area contributed by atoms with Gasteiger partial charge in [0.2, 0.25) is 5.91 Å². The highest BCUT2D eigenvalue weighted by atomic mass is 16.7. The number of nitrogens with one attached hydrogen (secondary N) is 1. The highest BCUT2D eigenvalue weighted by Gasteiger charge is 2.54. The van der Waals surface area contributed by atoms with Gasteiger partial charge in [0.25, 0.3) is 0 Å². The fourth-order valence-electron chi connectivity index (χ4n) is 4.68. The number of rotatable bonds is 10. The van der Waals surface area contributed by atoms with Crippen LogP contribution < -0.4 is 5.32 Å². The standard InChI is InChI=1S/C23H39NO15/c1-4-5-34-22-18(33)20(13(28)8(2)35-22)39-21-12(24-9(3)27)19(15(30)11(7-26)36-21)38-23-17(32)16(31)14(29)10(6-25)37-23/h4,8,10-23,25-26,28-33H,1,5-7H2,2-3H3,(H,24,27)/t8-,10+,11+,12+,13-,14+,15-,16-,17+,18+,19+,20+,21+,22+,23+/m0/s1. The Bertz CT molecular complexity index is 803. The summed E-state index contributed by atoms with van der Waals surface area (Å²) in [5.74, 6) is -0.636. The van der Waals surface area contributed by atoms with Crippen LogP contribution in [0.4, 0.5) is 0 Å². The minimum absolute atomic E-state index is 0.0134. The van der Waals surface area contributed by atoms with Gasteiger partial charge in [-0.3, -0.25) is 4.79 Å². The van der Waals surface area contributed by atoms with Crippen LogP contribution in [0.5, 0.6) is 0 Å². The summed E-state index contributed by atoms with van der Waals surface area (Å²) in [6.45, 7) is 4.69. The largest absolute Gasteiger partial charge is 0.394 e. The van der Waals surface area contributed by atoms with Gasteiger partial charge in [-0.05, 0) is 6.92 Å². The summed E-state index contributed by atoms with van der Waals surface area (Å²) in [6, 6.07) is -1.39. The van der Waals surface area contributed by atoms with Crippen LogP contribution in [0.25, 0.3) is 0 Å². The lowest BCUT2D eigenvalue weighted by atomic mass is 9.94. The second kappa shape index (κ2) is 14.0. The van der Waals surface area contributed by atoms with Crippen LogP contribution in [0.15, 0.2) is 12.7 Å². The van der Waals surface area contributed by atoms with Gasteiger partial charge in [0, 0.05) is 6.92 Å². The summed E-state index contributed by atoms with van der Waals surface area (Å²) in [5, 5.41) is 84.9. The highest BCUT2D eigenvalue weighted by Crippen LogP contribution is 2.32. The van der Waals surface area contributed by atoms with Crippen LogP contribution in [-0.4, -0.2) is 159 Å². The average Bonchev–Trinajstić information content (AvgIpc) is 2.90. The Balaban J connectivity index is 1.89. The first kappa shape index (κ1) is 32.2. The van der Waals surface area contributed by atoms with Gasteiger partial charge in [0.15, 0.2) is 18.9 Å². The molecule has 0 unspecified atom stereocenters. The second-order valence-corrected chi connectivity index (χ2v) is 9.65. The summed E-state index contributed by atoms with van der Waals surface area (Å²) in [4.78, 5) is 12.1. The van der Waals surface area contributed by atoms with E-state index in [2.05, 4.69) is 11.9 Å². The third-order valence-corrected chi connectivity index (χ3v) is 6.81. The molecule has 16 nitrogen and oxygen atoms in total. The number of hydrogen-bond acceptors (Lipinski definition) is 15. The van der Waals surface area contributed by atoms with Crippen LogP contribution in [-0.2, 0) is 33.2 Å². The van der Waals surface area contributed by atoms with Gasteiger partial charge >= 0.3 is 0 Å². The van der Waals surface area contributed by atoms with Crippen LogP contribution in [0.2, 0.25) is 0 Å². The van der Waals surface area contributed by atoms with Crippen molar-refractivity contribution in [2.75, 3.05) is 19.8 Å². The number of aliphatic hydroxyl groups excluding tert-OH is 8. The van der Waals surface area contributed by atoms with E-state index in [4.69, 9.17) is 28.4 Å². The number of carbonyl (C=O) groups excluding carboxylic acids is 1. The number of hydrogen-bond donors (Lipinski definition) is 9. The molecule has 0 aliphatic carbocycles. The molecule has 3 heterocycles. The van der Waals surface area contributed by atoms with Gasteiger partial charge in [-0.25, -0.2) is 0 Å². The Morgan fingerprint density at radius 3 is 1.97 bits per heavy atom. The van der Waals surface area contributed by atoms with Gasteiger partial charge in [-0.2, -0.15) is 0 Å². The van der Waals surface area contributed by atoms with Crippen molar-refractivity contribution in [3.63, 3.8) is 0 Å². The molecule has 3 fully saturated rings. The summed E-state index contributed by atoms with van der Waals surface area (Å²) in [7, 11) is 0. The molecule has 16 heteroatoms. The van der Waals surface area contributed by atoms with Gasteiger partial charge in [-0.1, -0.05) is 6.08 Å². The van der Waals surface area contributed by atoms with E-state index in [1.165, 1.54) is 13.0 Å². The molecule has 9 N–H and O–H groups in total. The van der Waals surface area contributed by atoms with Crippen LogP contribution in [0.3, 0.4) is 0 Å². The van der Waals surface area contributed by atoms with E-state index < -0.39 is 111 Å². The van der Waals surface area contributed by atoms with Gasteiger partial charge in [-0.15, -0.1) is 6.58 Å². The Labute approximate surface area is 224 Å². The molecule has 3 aliphatic heterocycles. The normalized spacial score (nSPS) is 47.0. The number of ether oxygens (including phenoxy) is 6. The van der Waals surface area contributed by atoms with Crippen molar-refractivity contribution in [3.05, 3.63) is 12.7 Å². The predicted molar refractivity (Wildman–Crippen MR) is 125 cm³/mol. The molecule has 0 aromatic rings. The van der Waals surface area contributed by atoms with Crippen LogP contribution >= 0.6 is 0 Å². The minimum atomic E-state index is -1.84. The van der Waals surface area contributed by atoms with Crippen molar-refractivity contribution in [1.29, 1.82) is 0 Å². The molecule has 0 aromatic carbocycles. The monoisotopic (exact) mass is 569 g/mol. The van der Waals surface area contributed by atoms with Crippen molar-refractivity contribution < 1.29 is 74.1 Å². The number of carbonyl (C=O) groups is 1. The van der Waals surface area contributed by atoms with Crippen LogP contribution in [0.1, 0.15) is 13.8 Å². The molecule has 1 amide bonds. The molecule has 0 bridgehead atoms. The molecular formula is C23H39NO15. The van der Waals surface area contributed by atoms with Crippen LogP contribution in [0, 0.1) is 0 Å². The zero-order valence-electron chi connectivity index (χ0n) is 21.5. The van der Waals surface area contributed by atoms with E-state index in [-0.39, 0.29) is 6.61 Å². The Morgan fingerprint density at radius 2 is 1.38 bits per heavy atom. The molecular weight excluding hydrogens is 530 g/mol. The smallest absolute Gasteiger partial charge is 0.217 e. The van der Waals surface area contributed by atoms with Crippen molar-refractivity contribution in [1.82, 2.24) is 5.32 Å². The fraction of sp³-hybridized carbons (Fsp3) is 0.870. The highest BCUT2D eigenvalue weighted by molar-refractivity contribution is 5.73. The second-order valence-electron chi connectivity index (χ2n) is 9.65. The van der Waals surface area contributed by atoms with Gasteiger partial charge in [0.05, 0.1) is 25.9 Å². The molecule has 0 aromatic heterocycles. The third kappa shape index (κ3) is 7.11. The van der Waals surface area contributed by atoms with Gasteiger partial charge < -0.3 is 74.6 Å². The fourth-order valence-corrected chi connectivity index (χ4v) is 4.68. The molecule has 3 saturated heterocycles. The summed E-state index contributed by atoms with van der Waals surface area (Å²) in [6.07, 6.45) is -19.6. The van der Waals surface area contributed by atoms with Crippen molar-refractivity contribution in [3.8, 4) is 0 Å². The maximum Gasteiger partial charge on any atom is 0.217 e. The van der Waals surface area contributed by atoms with E-state index in [0.29, 0.717) is 0 Å². The molecule has 0 spiro atoms. The molecule has 15 atom stereocenters. The SMILES string of the molecule is C=CCO[C@@H]1O[C@@H](C)[C@H](O)[C@@H](O[C@H]2O[C@H](CO)[C@H](O)[C@H](O[C@H]3O[C@H](CO)[C@@H](O)[C@H](O)[C@H]3O)[C@H]2NC(C)=O)[C@H]1O. The maximum atomic E-state index is 12.1. The summed E-state index contributed by atoms with van der Waals surface area (Å²) >= 11 is 0. The van der Waals surface area contributed by atoms with Gasteiger partial charge in [0.1, 0.15) is 67.1 Å².